The molecular formula is C25H34O5. The summed E-state index contributed by atoms with van der Waals surface area (Å²) in [5.74, 6) is -0.827. The molecule has 6 rings (SSSR count). The van der Waals surface area contributed by atoms with Crippen LogP contribution in [0.3, 0.4) is 0 Å². The van der Waals surface area contributed by atoms with Crippen molar-refractivity contribution in [3.63, 3.8) is 0 Å². The van der Waals surface area contributed by atoms with Gasteiger partial charge in [-0.05, 0) is 31.2 Å². The Morgan fingerprint density at radius 3 is 1.77 bits per heavy atom. The van der Waals surface area contributed by atoms with E-state index in [4.69, 9.17) is 23.7 Å². The molecule has 0 bridgehead atoms. The molecule has 1 unspecified atom stereocenters. The fourth-order valence-electron chi connectivity index (χ4n) is 6.34. The quantitative estimate of drug-likeness (QED) is 0.707. The number of hydrogen-bond acceptors (Lipinski definition) is 5. The highest BCUT2D eigenvalue weighted by Gasteiger charge is 2.62. The van der Waals surface area contributed by atoms with Crippen LogP contribution in [0.15, 0.2) is 30.3 Å². The Hall–Kier alpha value is -0.980. The molecule has 0 aromatic heterocycles. The van der Waals surface area contributed by atoms with E-state index < -0.39 is 11.6 Å². The van der Waals surface area contributed by atoms with Crippen LogP contribution >= 0.6 is 0 Å². The van der Waals surface area contributed by atoms with E-state index in [1.54, 1.807) is 0 Å². The second-order valence-electron chi connectivity index (χ2n) is 9.92. The molecule has 2 saturated heterocycles. The third kappa shape index (κ3) is 3.53. The van der Waals surface area contributed by atoms with Crippen LogP contribution in [0, 0.1) is 0 Å². The largest absolute Gasteiger partial charge is 0.368 e. The van der Waals surface area contributed by atoms with Crippen LogP contribution in [0.4, 0.5) is 0 Å². The van der Waals surface area contributed by atoms with E-state index in [0.717, 1.165) is 32.1 Å². The van der Waals surface area contributed by atoms with Gasteiger partial charge >= 0.3 is 0 Å². The second kappa shape index (κ2) is 7.86. The molecule has 0 N–H and O–H groups in total. The molecule has 5 fully saturated rings. The number of hydrogen-bond donors (Lipinski definition) is 0. The molecule has 30 heavy (non-hydrogen) atoms. The van der Waals surface area contributed by atoms with Gasteiger partial charge in [0.05, 0.1) is 18.8 Å². The van der Waals surface area contributed by atoms with E-state index >= 15 is 0 Å². The Morgan fingerprint density at radius 2 is 1.23 bits per heavy atom. The highest BCUT2D eigenvalue weighted by Crippen LogP contribution is 2.51. The summed E-state index contributed by atoms with van der Waals surface area (Å²) in [4.78, 5) is 0. The maximum atomic E-state index is 6.70. The van der Waals surface area contributed by atoms with Crippen LogP contribution in [0.2, 0.25) is 0 Å². The van der Waals surface area contributed by atoms with Gasteiger partial charge < -0.3 is 23.7 Å². The van der Waals surface area contributed by atoms with Gasteiger partial charge in [0.25, 0.3) is 0 Å². The highest BCUT2D eigenvalue weighted by molar-refractivity contribution is 5.14. The predicted octanol–water partition coefficient (Wildman–Crippen LogP) is 4.86. The normalized spacial score (nSPS) is 39.1. The lowest BCUT2D eigenvalue weighted by Crippen LogP contribution is -2.54. The highest BCUT2D eigenvalue weighted by atomic mass is 16.8. The maximum absolute atomic E-state index is 6.70. The third-order valence-electron chi connectivity index (χ3n) is 7.80. The van der Waals surface area contributed by atoms with E-state index in [1.165, 1.54) is 44.1 Å². The summed E-state index contributed by atoms with van der Waals surface area (Å²) in [5.41, 5.74) is 1.17. The summed E-state index contributed by atoms with van der Waals surface area (Å²) in [7, 11) is 0. The van der Waals surface area contributed by atoms with Gasteiger partial charge in [-0.25, -0.2) is 0 Å². The van der Waals surface area contributed by atoms with Crippen LogP contribution in [0.1, 0.15) is 76.2 Å². The van der Waals surface area contributed by atoms with Gasteiger partial charge in [-0.2, -0.15) is 0 Å². The summed E-state index contributed by atoms with van der Waals surface area (Å²) in [6, 6.07) is 10.4. The van der Waals surface area contributed by atoms with E-state index in [9.17, 15) is 0 Å². The molecule has 3 saturated carbocycles. The van der Waals surface area contributed by atoms with E-state index in [2.05, 4.69) is 24.3 Å². The van der Waals surface area contributed by atoms with Crippen molar-refractivity contribution in [2.24, 2.45) is 0 Å². The van der Waals surface area contributed by atoms with Crippen LogP contribution in [0.5, 0.6) is 0 Å². The zero-order valence-electron chi connectivity index (χ0n) is 17.8. The van der Waals surface area contributed by atoms with Crippen molar-refractivity contribution in [2.45, 2.75) is 119 Å². The van der Waals surface area contributed by atoms with E-state index in [1.807, 2.05) is 6.07 Å². The summed E-state index contributed by atoms with van der Waals surface area (Å²) >= 11 is 0. The standard InChI is InChI=1S/C25H34O5/c1-4-10-18(11-5-1)17-26-23-21-19(27-24(29-21)12-6-2-7-13-24)16-20-22(23)30-25(28-20)14-8-3-9-15-25/h1,4-5,10-11,19-23H,2-3,6-9,12-17H2/t19-,20+,21-,22-,23?/m1/s1. The molecule has 1 aromatic rings. The van der Waals surface area contributed by atoms with Crippen molar-refractivity contribution in [1.82, 2.24) is 0 Å². The molecule has 0 amide bonds. The van der Waals surface area contributed by atoms with Crippen molar-refractivity contribution < 1.29 is 23.7 Å². The van der Waals surface area contributed by atoms with Crippen LogP contribution in [-0.4, -0.2) is 42.1 Å². The summed E-state index contributed by atoms with van der Waals surface area (Å²) in [6.07, 6.45) is 11.9. The summed E-state index contributed by atoms with van der Waals surface area (Å²) in [5, 5.41) is 0. The molecule has 3 aliphatic carbocycles. The lowest BCUT2D eigenvalue weighted by molar-refractivity contribution is -0.225. The van der Waals surface area contributed by atoms with Gasteiger partial charge in [0.2, 0.25) is 0 Å². The average Bonchev–Trinajstić information content (AvgIpc) is 3.30. The molecule has 164 valence electrons. The van der Waals surface area contributed by atoms with Crippen molar-refractivity contribution in [3.8, 4) is 0 Å². The van der Waals surface area contributed by atoms with Gasteiger partial charge in [0, 0.05) is 32.1 Å². The topological polar surface area (TPSA) is 46.2 Å². The van der Waals surface area contributed by atoms with Crippen molar-refractivity contribution in [1.29, 1.82) is 0 Å². The van der Waals surface area contributed by atoms with Gasteiger partial charge in [-0.15, -0.1) is 0 Å². The Labute approximate surface area is 179 Å². The molecule has 5 nitrogen and oxygen atoms in total. The van der Waals surface area contributed by atoms with Crippen molar-refractivity contribution in [3.05, 3.63) is 35.9 Å². The number of benzene rings is 1. The smallest absolute Gasteiger partial charge is 0.169 e. The Kier molecular flexibility index (Phi) is 5.16. The first-order valence-electron chi connectivity index (χ1n) is 12.1. The fraction of sp³-hybridized carbons (Fsp3) is 0.760. The van der Waals surface area contributed by atoms with Crippen molar-refractivity contribution >= 4 is 0 Å². The van der Waals surface area contributed by atoms with Gasteiger partial charge in [-0.1, -0.05) is 43.2 Å². The van der Waals surface area contributed by atoms with Crippen LogP contribution in [0.25, 0.3) is 0 Å². The van der Waals surface area contributed by atoms with E-state index in [-0.39, 0.29) is 30.5 Å². The lowest BCUT2D eigenvalue weighted by Gasteiger charge is -2.38. The second-order valence-corrected chi connectivity index (χ2v) is 9.92. The molecule has 5 atom stereocenters. The summed E-state index contributed by atoms with van der Waals surface area (Å²) < 4.78 is 33.2. The zero-order valence-corrected chi connectivity index (χ0v) is 17.8. The molecule has 2 heterocycles. The van der Waals surface area contributed by atoms with E-state index in [0.29, 0.717) is 6.61 Å². The summed E-state index contributed by atoms with van der Waals surface area (Å²) in [6.45, 7) is 0.560. The van der Waals surface area contributed by atoms with Crippen LogP contribution in [-0.2, 0) is 30.3 Å². The third-order valence-corrected chi connectivity index (χ3v) is 7.80. The SMILES string of the molecule is c1ccc(COC2[C@@H]3OC4(CCCCC4)O[C@H]3C[C@H]3OC4(CCCCC4)O[C@@H]23)cc1. The van der Waals surface area contributed by atoms with Gasteiger partial charge in [0.1, 0.15) is 18.3 Å². The maximum Gasteiger partial charge on any atom is 0.169 e. The molecular weight excluding hydrogens is 380 g/mol. The number of ether oxygens (including phenoxy) is 5. The minimum Gasteiger partial charge on any atom is -0.368 e. The molecule has 2 spiro atoms. The molecule has 1 aromatic carbocycles. The first-order chi connectivity index (χ1) is 14.7. The number of rotatable bonds is 3. The predicted molar refractivity (Wildman–Crippen MR) is 111 cm³/mol. The number of fused-ring (bicyclic) bond motifs is 2. The monoisotopic (exact) mass is 414 g/mol. The van der Waals surface area contributed by atoms with Crippen molar-refractivity contribution in [2.75, 3.05) is 0 Å². The van der Waals surface area contributed by atoms with Gasteiger partial charge in [-0.3, -0.25) is 0 Å². The Bertz CT molecular complexity index is 684. The minimum atomic E-state index is -0.414. The minimum absolute atomic E-state index is 0.0347. The van der Waals surface area contributed by atoms with Crippen LogP contribution < -0.4 is 0 Å². The lowest BCUT2D eigenvalue weighted by atomic mass is 9.87. The Balaban J connectivity index is 1.25. The first kappa shape index (κ1) is 19.7. The zero-order chi connectivity index (χ0) is 20.0. The molecule has 5 heteroatoms. The fourth-order valence-corrected chi connectivity index (χ4v) is 6.34. The average molecular weight is 415 g/mol. The molecule has 2 aliphatic heterocycles. The van der Waals surface area contributed by atoms with Gasteiger partial charge in [0.15, 0.2) is 11.6 Å². The Morgan fingerprint density at radius 1 is 0.700 bits per heavy atom. The first-order valence-corrected chi connectivity index (χ1v) is 12.1. The molecule has 5 aliphatic rings. The molecule has 0 radical (unpaired) electrons.